The predicted molar refractivity (Wildman–Crippen MR) is 117 cm³/mol. The molecule has 0 N–H and O–H groups in total. The van der Waals surface area contributed by atoms with Crippen molar-refractivity contribution < 1.29 is 9.47 Å². The number of ether oxygens (including phenoxy) is 2. The summed E-state index contributed by atoms with van der Waals surface area (Å²) in [6.07, 6.45) is 0.727. The molecule has 0 amide bonds. The summed E-state index contributed by atoms with van der Waals surface area (Å²) in [6, 6.07) is 8.13. The molecule has 0 aliphatic heterocycles. The third-order valence-corrected chi connectivity index (χ3v) is 5.63. The highest BCUT2D eigenvalue weighted by molar-refractivity contribution is 5.74. The molecule has 0 spiro atoms. The van der Waals surface area contributed by atoms with E-state index < -0.39 is 0 Å². The van der Waals surface area contributed by atoms with Gasteiger partial charge in [-0.15, -0.1) is 0 Å². The van der Waals surface area contributed by atoms with Crippen molar-refractivity contribution >= 4 is 0 Å². The number of hydrogen-bond acceptors (Lipinski definition) is 6. The fraction of sp³-hybridized carbons (Fsp3) is 0.565. The zero-order valence-electron chi connectivity index (χ0n) is 18.3. The average molecular weight is 399 g/mol. The zero-order valence-corrected chi connectivity index (χ0v) is 18.3. The lowest BCUT2D eigenvalue weighted by Crippen LogP contribution is -2.28. The molecule has 6 heteroatoms. The molecule has 29 heavy (non-hydrogen) atoms. The van der Waals surface area contributed by atoms with E-state index in [4.69, 9.17) is 19.4 Å². The average Bonchev–Trinajstić information content (AvgIpc) is 3.11. The lowest BCUT2D eigenvalue weighted by atomic mass is 10.1. The molecule has 0 saturated carbocycles. The van der Waals surface area contributed by atoms with Gasteiger partial charge in [0.05, 0.1) is 11.4 Å². The van der Waals surface area contributed by atoms with Gasteiger partial charge < -0.3 is 19.3 Å². The molecule has 0 radical (unpaired) electrons. The van der Waals surface area contributed by atoms with Crippen LogP contribution in [-0.4, -0.2) is 72.3 Å². The molecule has 2 aromatic heterocycles. The van der Waals surface area contributed by atoms with Crippen molar-refractivity contribution in [3.05, 3.63) is 35.7 Å². The summed E-state index contributed by atoms with van der Waals surface area (Å²) in [5.41, 5.74) is 4.37. The van der Waals surface area contributed by atoms with E-state index in [0.717, 1.165) is 68.2 Å². The number of rotatable bonds is 12. The molecule has 0 fully saturated rings. The van der Waals surface area contributed by atoms with E-state index in [0.29, 0.717) is 25.0 Å². The van der Waals surface area contributed by atoms with Crippen LogP contribution in [0.2, 0.25) is 0 Å². The molecule has 2 heterocycles. The number of nitrogens with zero attached hydrogens (tertiary/aromatic N) is 4. The maximum absolute atomic E-state index is 5.88. The van der Waals surface area contributed by atoms with Gasteiger partial charge in [0.1, 0.15) is 13.2 Å². The molecule has 0 bridgehead atoms. The second-order valence-electron chi connectivity index (χ2n) is 7.21. The lowest BCUT2D eigenvalue weighted by Gasteiger charge is -2.17. The summed E-state index contributed by atoms with van der Waals surface area (Å²) in [7, 11) is 0. The van der Waals surface area contributed by atoms with Crippen LogP contribution in [0, 0.1) is 0 Å². The Bertz CT molecular complexity index is 723. The second kappa shape index (κ2) is 10.6. The van der Waals surface area contributed by atoms with E-state index in [-0.39, 0.29) is 0 Å². The van der Waals surface area contributed by atoms with Gasteiger partial charge in [-0.2, -0.15) is 0 Å². The molecule has 0 aromatic carbocycles. The summed E-state index contributed by atoms with van der Waals surface area (Å²) in [4.78, 5) is 14.1. The molecule has 1 aliphatic carbocycles. The second-order valence-corrected chi connectivity index (χ2v) is 7.21. The first-order valence-electron chi connectivity index (χ1n) is 10.9. The largest absolute Gasteiger partial charge is 0.476 e. The maximum Gasteiger partial charge on any atom is 0.213 e. The van der Waals surface area contributed by atoms with E-state index in [9.17, 15) is 0 Å². The van der Waals surface area contributed by atoms with Crippen molar-refractivity contribution in [2.45, 2.75) is 34.1 Å². The fourth-order valence-corrected chi connectivity index (χ4v) is 3.68. The summed E-state index contributed by atoms with van der Waals surface area (Å²) >= 11 is 0. The maximum atomic E-state index is 5.88. The highest BCUT2D eigenvalue weighted by Crippen LogP contribution is 2.36. The van der Waals surface area contributed by atoms with Crippen LogP contribution in [0.5, 0.6) is 11.8 Å². The molecule has 3 rings (SSSR count). The SMILES string of the molecule is CCN(CC)CCOc1ccc2c(n1)Cc1nc(OCCN(CC)CC)ccc1-2. The van der Waals surface area contributed by atoms with Crippen molar-refractivity contribution in [3.63, 3.8) is 0 Å². The standard InChI is InChI=1S/C23H34N4O2/c1-5-26(6-2)13-15-28-22-11-9-18-19-10-12-23(25-21(19)17-20(18)24-22)29-16-14-27(7-3)8-4/h9-12H,5-8,13-17H2,1-4H3. The van der Waals surface area contributed by atoms with Gasteiger partial charge in [-0.25, -0.2) is 9.97 Å². The molecule has 158 valence electrons. The van der Waals surface area contributed by atoms with Gasteiger partial charge in [0, 0.05) is 42.8 Å². The summed E-state index contributed by atoms with van der Waals surface area (Å²) < 4.78 is 11.8. The first kappa shape index (κ1) is 21.5. The van der Waals surface area contributed by atoms with Crippen LogP contribution >= 0.6 is 0 Å². The van der Waals surface area contributed by atoms with Crippen LogP contribution in [0.1, 0.15) is 39.1 Å². The monoisotopic (exact) mass is 398 g/mol. The molecule has 2 aromatic rings. The third kappa shape index (κ3) is 5.46. The molecular weight excluding hydrogens is 364 g/mol. The van der Waals surface area contributed by atoms with E-state index in [1.165, 1.54) is 0 Å². The molecule has 1 aliphatic rings. The molecule has 0 unspecified atom stereocenters. The van der Waals surface area contributed by atoms with Crippen LogP contribution in [-0.2, 0) is 6.42 Å². The van der Waals surface area contributed by atoms with E-state index in [1.807, 2.05) is 12.1 Å². The van der Waals surface area contributed by atoms with Crippen molar-refractivity contribution in [2.75, 3.05) is 52.5 Å². The van der Waals surface area contributed by atoms with Gasteiger partial charge in [0.25, 0.3) is 0 Å². The number of likely N-dealkylation sites (N-methyl/N-ethyl adjacent to an activating group) is 2. The number of fused-ring (bicyclic) bond motifs is 3. The van der Waals surface area contributed by atoms with Gasteiger partial charge >= 0.3 is 0 Å². The molecule has 0 atom stereocenters. The van der Waals surface area contributed by atoms with Crippen molar-refractivity contribution in [3.8, 4) is 22.9 Å². The summed E-state index contributed by atoms with van der Waals surface area (Å²) in [5.74, 6) is 1.39. The number of pyridine rings is 2. The predicted octanol–water partition coefficient (Wildman–Crippen LogP) is 3.49. The first-order chi connectivity index (χ1) is 14.2. The number of aromatic nitrogens is 2. The van der Waals surface area contributed by atoms with Gasteiger partial charge in [0.15, 0.2) is 0 Å². The zero-order chi connectivity index (χ0) is 20.6. The minimum absolute atomic E-state index is 0.656. The van der Waals surface area contributed by atoms with Gasteiger partial charge in [-0.05, 0) is 38.3 Å². The van der Waals surface area contributed by atoms with Crippen molar-refractivity contribution in [1.29, 1.82) is 0 Å². The Morgan fingerprint density at radius 1 is 0.690 bits per heavy atom. The first-order valence-corrected chi connectivity index (χ1v) is 10.9. The lowest BCUT2D eigenvalue weighted by molar-refractivity contribution is 0.217. The quantitative estimate of drug-likeness (QED) is 0.465. The van der Waals surface area contributed by atoms with Crippen molar-refractivity contribution in [1.82, 2.24) is 19.8 Å². The summed E-state index contributed by atoms with van der Waals surface area (Å²) in [6.45, 7) is 16.0. The highest BCUT2D eigenvalue weighted by Gasteiger charge is 2.22. The van der Waals surface area contributed by atoms with E-state index >= 15 is 0 Å². The topological polar surface area (TPSA) is 50.7 Å². The molecule has 6 nitrogen and oxygen atoms in total. The van der Waals surface area contributed by atoms with Crippen LogP contribution < -0.4 is 9.47 Å². The van der Waals surface area contributed by atoms with Crippen molar-refractivity contribution in [2.24, 2.45) is 0 Å². The smallest absolute Gasteiger partial charge is 0.213 e. The van der Waals surface area contributed by atoms with Crippen LogP contribution in [0.25, 0.3) is 11.1 Å². The Balaban J connectivity index is 1.58. The number of hydrogen-bond donors (Lipinski definition) is 0. The Morgan fingerprint density at radius 3 is 1.48 bits per heavy atom. The Labute approximate surface area is 174 Å². The third-order valence-electron chi connectivity index (χ3n) is 5.63. The molecule has 0 saturated heterocycles. The highest BCUT2D eigenvalue weighted by atomic mass is 16.5. The fourth-order valence-electron chi connectivity index (χ4n) is 3.68. The molecular formula is C23H34N4O2. The van der Waals surface area contributed by atoms with Crippen LogP contribution in [0.3, 0.4) is 0 Å². The van der Waals surface area contributed by atoms with Gasteiger partial charge in [-0.3, -0.25) is 0 Å². The van der Waals surface area contributed by atoms with Crippen LogP contribution in [0.4, 0.5) is 0 Å². The van der Waals surface area contributed by atoms with Gasteiger partial charge in [0.2, 0.25) is 11.8 Å². The normalized spacial score (nSPS) is 12.3. The summed E-state index contributed by atoms with van der Waals surface area (Å²) in [5, 5.41) is 0. The Hall–Kier alpha value is -2.18. The minimum atomic E-state index is 0.656. The minimum Gasteiger partial charge on any atom is -0.476 e. The van der Waals surface area contributed by atoms with E-state index in [2.05, 4.69) is 49.6 Å². The van der Waals surface area contributed by atoms with E-state index in [1.54, 1.807) is 0 Å². The Kier molecular flexibility index (Phi) is 7.83. The van der Waals surface area contributed by atoms with Gasteiger partial charge in [-0.1, -0.05) is 27.7 Å². The Morgan fingerprint density at radius 2 is 1.10 bits per heavy atom. The van der Waals surface area contributed by atoms with Crippen LogP contribution in [0.15, 0.2) is 24.3 Å².